The summed E-state index contributed by atoms with van der Waals surface area (Å²) in [6.45, 7) is 6.43. The molecule has 0 radical (unpaired) electrons. The zero-order valence-electron chi connectivity index (χ0n) is 12.0. The van der Waals surface area contributed by atoms with Crippen molar-refractivity contribution >= 4 is 11.6 Å². The quantitative estimate of drug-likeness (QED) is 0.821. The lowest BCUT2D eigenvalue weighted by Gasteiger charge is -2.29. The third-order valence-corrected chi connectivity index (χ3v) is 3.24. The molecule has 20 heavy (non-hydrogen) atoms. The van der Waals surface area contributed by atoms with Gasteiger partial charge in [0, 0.05) is 5.56 Å². The van der Waals surface area contributed by atoms with Crippen molar-refractivity contribution in [3.63, 3.8) is 0 Å². The number of amides is 1. The van der Waals surface area contributed by atoms with Crippen LogP contribution < -0.4 is 5.43 Å². The van der Waals surface area contributed by atoms with E-state index in [2.05, 4.69) is 31.3 Å². The molecule has 1 aliphatic carbocycles. The first-order valence-corrected chi connectivity index (χ1v) is 6.65. The average Bonchev–Trinajstić information content (AvgIpc) is 2.34. The van der Waals surface area contributed by atoms with Crippen molar-refractivity contribution in [2.45, 2.75) is 33.6 Å². The zero-order valence-corrected chi connectivity index (χ0v) is 12.0. The van der Waals surface area contributed by atoms with Crippen LogP contribution in [0, 0.1) is 11.2 Å². The standard InChI is InChI=1S/C16H19FN2O/c1-11-8-14(10-16(2,3)9-11)18-19-15(20)12-4-6-13(17)7-5-12/h4-8H,9-10H2,1-3H3,(H,19,20)/b18-14-. The molecule has 0 unspecified atom stereocenters. The van der Waals surface area contributed by atoms with Gasteiger partial charge >= 0.3 is 0 Å². The number of hydrogen-bond donors (Lipinski definition) is 1. The van der Waals surface area contributed by atoms with Crippen molar-refractivity contribution in [1.29, 1.82) is 0 Å². The maximum atomic E-state index is 12.8. The molecule has 0 bridgehead atoms. The molecule has 0 saturated carbocycles. The largest absolute Gasteiger partial charge is 0.271 e. The van der Waals surface area contributed by atoms with Crippen LogP contribution in [0.1, 0.15) is 44.0 Å². The molecule has 3 nitrogen and oxygen atoms in total. The normalized spacial score (nSPS) is 19.6. The number of rotatable bonds is 2. The molecule has 106 valence electrons. The van der Waals surface area contributed by atoms with Crippen LogP contribution in [-0.2, 0) is 0 Å². The lowest BCUT2D eigenvalue weighted by Crippen LogP contribution is -2.25. The summed E-state index contributed by atoms with van der Waals surface area (Å²) in [6.07, 6.45) is 3.88. The van der Waals surface area contributed by atoms with Crippen molar-refractivity contribution in [3.8, 4) is 0 Å². The summed E-state index contributed by atoms with van der Waals surface area (Å²) in [5.41, 5.74) is 5.22. The Morgan fingerprint density at radius 2 is 1.90 bits per heavy atom. The predicted molar refractivity (Wildman–Crippen MR) is 78.1 cm³/mol. The number of hydrogen-bond acceptors (Lipinski definition) is 2. The molecule has 0 aliphatic heterocycles. The van der Waals surface area contributed by atoms with Crippen LogP contribution in [-0.4, -0.2) is 11.6 Å². The predicted octanol–water partition coefficient (Wildman–Crippen LogP) is 3.68. The molecular weight excluding hydrogens is 255 g/mol. The van der Waals surface area contributed by atoms with Crippen LogP contribution in [0.2, 0.25) is 0 Å². The third-order valence-electron chi connectivity index (χ3n) is 3.24. The molecular formula is C16H19FN2O. The van der Waals surface area contributed by atoms with Crippen LogP contribution in [0.4, 0.5) is 4.39 Å². The fraction of sp³-hybridized carbons (Fsp3) is 0.375. The summed E-state index contributed by atoms with van der Waals surface area (Å²) < 4.78 is 12.8. The van der Waals surface area contributed by atoms with Crippen LogP contribution in [0.25, 0.3) is 0 Å². The number of carbonyl (C=O) groups excluding carboxylic acids is 1. The minimum absolute atomic E-state index is 0.165. The minimum atomic E-state index is -0.361. The second kappa shape index (κ2) is 5.57. The highest BCUT2D eigenvalue weighted by Gasteiger charge is 2.24. The first-order chi connectivity index (χ1) is 9.35. The molecule has 4 heteroatoms. The topological polar surface area (TPSA) is 41.5 Å². The number of hydrazone groups is 1. The highest BCUT2D eigenvalue weighted by atomic mass is 19.1. The van der Waals surface area contributed by atoms with E-state index < -0.39 is 0 Å². The lowest BCUT2D eigenvalue weighted by atomic mass is 9.77. The molecule has 0 aromatic heterocycles. The molecule has 1 aromatic carbocycles. The van der Waals surface area contributed by atoms with Crippen molar-refractivity contribution < 1.29 is 9.18 Å². The van der Waals surface area contributed by atoms with Crippen molar-refractivity contribution in [2.75, 3.05) is 0 Å². The van der Waals surface area contributed by atoms with Gasteiger partial charge in [0.05, 0.1) is 5.71 Å². The van der Waals surface area contributed by atoms with Gasteiger partial charge < -0.3 is 0 Å². The summed E-state index contributed by atoms with van der Waals surface area (Å²) in [5.74, 6) is -0.688. The second-order valence-electron chi connectivity index (χ2n) is 6.06. The van der Waals surface area contributed by atoms with Gasteiger partial charge in [0.25, 0.3) is 5.91 Å². The van der Waals surface area contributed by atoms with Gasteiger partial charge in [0.1, 0.15) is 5.82 Å². The lowest BCUT2D eigenvalue weighted by molar-refractivity contribution is 0.0954. The highest BCUT2D eigenvalue weighted by Crippen LogP contribution is 2.33. The summed E-state index contributed by atoms with van der Waals surface area (Å²) in [5, 5.41) is 4.17. The van der Waals surface area contributed by atoms with Gasteiger partial charge in [-0.15, -0.1) is 0 Å². The maximum absolute atomic E-state index is 12.8. The number of carbonyl (C=O) groups is 1. The van der Waals surface area contributed by atoms with Crippen LogP contribution >= 0.6 is 0 Å². The van der Waals surface area contributed by atoms with Gasteiger partial charge in [-0.2, -0.15) is 5.10 Å². The van der Waals surface area contributed by atoms with E-state index >= 15 is 0 Å². The zero-order chi connectivity index (χ0) is 14.8. The Labute approximate surface area is 118 Å². The molecule has 0 spiro atoms. The SMILES string of the molecule is CC1=C/C(=N/NC(=O)c2ccc(F)cc2)CC(C)(C)C1. The number of benzene rings is 1. The van der Waals surface area contributed by atoms with Gasteiger partial charge in [-0.1, -0.05) is 19.4 Å². The van der Waals surface area contributed by atoms with E-state index in [1.807, 2.05) is 6.08 Å². The highest BCUT2D eigenvalue weighted by molar-refractivity contribution is 5.99. The molecule has 0 saturated heterocycles. The Kier molecular flexibility index (Phi) is 4.02. The molecule has 1 aliphatic rings. The molecule has 0 heterocycles. The van der Waals surface area contributed by atoms with E-state index in [-0.39, 0.29) is 17.1 Å². The van der Waals surface area contributed by atoms with E-state index in [1.54, 1.807) is 0 Å². The van der Waals surface area contributed by atoms with E-state index in [4.69, 9.17) is 0 Å². The van der Waals surface area contributed by atoms with Gasteiger partial charge in [0.15, 0.2) is 0 Å². The number of nitrogens with zero attached hydrogens (tertiary/aromatic N) is 1. The summed E-state index contributed by atoms with van der Waals surface area (Å²) in [6, 6.07) is 5.40. The molecule has 0 fully saturated rings. The molecule has 2 rings (SSSR count). The average molecular weight is 274 g/mol. The fourth-order valence-electron chi connectivity index (χ4n) is 2.55. The van der Waals surface area contributed by atoms with Crippen molar-refractivity contribution in [2.24, 2.45) is 10.5 Å². The summed E-state index contributed by atoms with van der Waals surface area (Å²) in [7, 11) is 0. The number of allylic oxidation sites excluding steroid dienone is 2. The van der Waals surface area contributed by atoms with Gasteiger partial charge in [0.2, 0.25) is 0 Å². The van der Waals surface area contributed by atoms with Crippen molar-refractivity contribution in [1.82, 2.24) is 5.43 Å². The van der Waals surface area contributed by atoms with Gasteiger partial charge in [-0.25, -0.2) is 9.82 Å². The minimum Gasteiger partial charge on any atom is -0.267 e. The van der Waals surface area contributed by atoms with E-state index in [1.165, 1.54) is 29.8 Å². The first kappa shape index (κ1) is 14.4. The van der Waals surface area contributed by atoms with Crippen LogP contribution in [0.15, 0.2) is 41.0 Å². The first-order valence-electron chi connectivity index (χ1n) is 6.65. The smallest absolute Gasteiger partial charge is 0.267 e. The molecule has 1 amide bonds. The summed E-state index contributed by atoms with van der Waals surface area (Å²) in [4.78, 5) is 11.9. The Bertz CT molecular complexity index is 571. The second-order valence-corrected chi connectivity index (χ2v) is 6.06. The number of halogens is 1. The van der Waals surface area contributed by atoms with Gasteiger partial charge in [-0.3, -0.25) is 4.79 Å². The van der Waals surface area contributed by atoms with Crippen LogP contribution in [0.3, 0.4) is 0 Å². The molecule has 1 aromatic rings. The van der Waals surface area contributed by atoms with E-state index in [0.29, 0.717) is 5.56 Å². The van der Waals surface area contributed by atoms with E-state index in [0.717, 1.165) is 18.6 Å². The fourth-order valence-corrected chi connectivity index (χ4v) is 2.55. The Morgan fingerprint density at radius 1 is 1.25 bits per heavy atom. The van der Waals surface area contributed by atoms with Crippen LogP contribution in [0.5, 0.6) is 0 Å². The monoisotopic (exact) mass is 274 g/mol. The third kappa shape index (κ3) is 3.76. The Hall–Kier alpha value is -1.97. The van der Waals surface area contributed by atoms with Crippen molar-refractivity contribution in [3.05, 3.63) is 47.3 Å². The summed E-state index contributed by atoms with van der Waals surface area (Å²) >= 11 is 0. The Balaban J connectivity index is 2.07. The number of nitrogens with one attached hydrogen (secondary N) is 1. The Morgan fingerprint density at radius 3 is 2.50 bits per heavy atom. The molecule has 1 N–H and O–H groups in total. The van der Waals surface area contributed by atoms with Gasteiger partial charge in [-0.05, 0) is 55.5 Å². The molecule has 0 atom stereocenters. The maximum Gasteiger partial charge on any atom is 0.271 e. The van der Waals surface area contributed by atoms with E-state index in [9.17, 15) is 9.18 Å².